The van der Waals surface area contributed by atoms with E-state index in [-0.39, 0.29) is 42.0 Å². The number of aryl methyl sites for hydroxylation is 2. The third-order valence-corrected chi connectivity index (χ3v) is 11.5. The van der Waals surface area contributed by atoms with Crippen LogP contribution < -0.4 is 4.90 Å². The fraction of sp³-hybridized carbons (Fsp3) is 0.441. The molecule has 3 amide bonds. The largest absolute Gasteiger partial charge is 0.394 e. The van der Waals surface area contributed by atoms with Gasteiger partial charge in [0.05, 0.1) is 29.2 Å². The van der Waals surface area contributed by atoms with Gasteiger partial charge in [0.15, 0.2) is 0 Å². The van der Waals surface area contributed by atoms with Crippen molar-refractivity contribution in [1.82, 2.24) is 9.80 Å². The highest BCUT2D eigenvalue weighted by molar-refractivity contribution is 8.02. The predicted octanol–water partition coefficient (Wildman–Crippen LogP) is 4.54. The Morgan fingerprint density at radius 1 is 1.07 bits per heavy atom. The molecule has 2 aromatic carbocycles. The Balaban J connectivity index is 1.70. The minimum atomic E-state index is -0.876. The second kappa shape index (κ2) is 11.7. The van der Waals surface area contributed by atoms with Crippen molar-refractivity contribution in [1.29, 1.82) is 0 Å². The van der Waals surface area contributed by atoms with Crippen LogP contribution in [0.4, 0.5) is 5.69 Å². The standard InChI is InChI=1S/C34H41N3O4S/c1-7-17-35(6)31(39)27-26-19-23(5)34(42-26)28(27)32(40)37(25(20-38)24-15-10-9-11-16-24)30(34)33(41)36(18-8-2)29-21(3)13-12-14-22(29)4/h7-16,23,25-28,30,38H,1-2,17-20H2,3-6H3/t23?,25-,26+,27-,28+,30?,34?/m1/s1. The Kier molecular flexibility index (Phi) is 8.41. The number of hydrogen-bond acceptors (Lipinski definition) is 5. The van der Waals surface area contributed by atoms with Crippen molar-refractivity contribution in [2.45, 2.75) is 49.3 Å². The zero-order valence-corrected chi connectivity index (χ0v) is 25.7. The van der Waals surface area contributed by atoms with Gasteiger partial charge in [-0.05, 0) is 42.9 Å². The van der Waals surface area contributed by atoms with E-state index in [1.165, 1.54) is 0 Å². The van der Waals surface area contributed by atoms with Gasteiger partial charge in [0.25, 0.3) is 5.91 Å². The number of aliphatic hydroxyl groups is 1. The summed E-state index contributed by atoms with van der Waals surface area (Å²) in [5.74, 6) is -1.75. The Morgan fingerprint density at radius 3 is 2.31 bits per heavy atom. The Hall–Kier alpha value is -3.36. The normalized spacial score (nSPS) is 28.4. The highest BCUT2D eigenvalue weighted by atomic mass is 32.2. The summed E-state index contributed by atoms with van der Waals surface area (Å²) in [7, 11) is 1.74. The van der Waals surface area contributed by atoms with Crippen LogP contribution >= 0.6 is 11.8 Å². The molecule has 0 aliphatic carbocycles. The molecule has 42 heavy (non-hydrogen) atoms. The highest BCUT2D eigenvalue weighted by Crippen LogP contribution is 2.69. The number of carbonyl (C=O) groups excluding carboxylic acids is 3. The summed E-state index contributed by atoms with van der Waals surface area (Å²) in [6.07, 6.45) is 4.13. The molecule has 2 bridgehead atoms. The molecule has 1 spiro atoms. The van der Waals surface area contributed by atoms with Gasteiger partial charge in [-0.2, -0.15) is 0 Å². The topological polar surface area (TPSA) is 81.2 Å². The Morgan fingerprint density at radius 2 is 1.71 bits per heavy atom. The van der Waals surface area contributed by atoms with Gasteiger partial charge in [-0.25, -0.2) is 0 Å². The van der Waals surface area contributed by atoms with Gasteiger partial charge in [0.1, 0.15) is 6.04 Å². The maximum absolute atomic E-state index is 15.1. The van der Waals surface area contributed by atoms with Crippen molar-refractivity contribution in [3.63, 3.8) is 0 Å². The number of hydrogen-bond donors (Lipinski definition) is 1. The number of thioether (sulfide) groups is 1. The van der Waals surface area contributed by atoms with Crippen LogP contribution in [0, 0.1) is 31.6 Å². The summed E-state index contributed by atoms with van der Waals surface area (Å²) in [5, 5.41) is 10.7. The molecule has 7 nitrogen and oxygen atoms in total. The minimum Gasteiger partial charge on any atom is -0.394 e. The highest BCUT2D eigenvalue weighted by Gasteiger charge is 2.77. The number of likely N-dealkylation sites (N-methyl/N-ethyl adjacent to an activating group) is 1. The van der Waals surface area contributed by atoms with Crippen molar-refractivity contribution < 1.29 is 19.5 Å². The van der Waals surface area contributed by atoms with Crippen molar-refractivity contribution in [2.75, 3.05) is 31.6 Å². The fourth-order valence-corrected chi connectivity index (χ4v) is 10.1. The molecule has 3 aliphatic rings. The lowest BCUT2D eigenvalue weighted by Crippen LogP contribution is -2.58. The number of amides is 3. The second-order valence-corrected chi connectivity index (χ2v) is 13.4. The van der Waals surface area contributed by atoms with Crippen LogP contribution in [0.5, 0.6) is 0 Å². The number of aliphatic hydroxyl groups excluding tert-OH is 1. The molecule has 0 aromatic heterocycles. The monoisotopic (exact) mass is 587 g/mol. The molecule has 0 saturated carbocycles. The Bertz CT molecular complexity index is 1380. The lowest BCUT2D eigenvalue weighted by Gasteiger charge is -2.42. The van der Waals surface area contributed by atoms with E-state index < -0.39 is 28.7 Å². The van der Waals surface area contributed by atoms with Crippen molar-refractivity contribution in [3.05, 3.63) is 90.5 Å². The van der Waals surface area contributed by atoms with Crippen LogP contribution in [0.2, 0.25) is 0 Å². The van der Waals surface area contributed by atoms with Gasteiger partial charge in [-0.3, -0.25) is 14.4 Å². The van der Waals surface area contributed by atoms with Crippen LogP contribution in [-0.4, -0.2) is 75.4 Å². The predicted molar refractivity (Wildman–Crippen MR) is 168 cm³/mol. The molecule has 3 saturated heterocycles. The fourth-order valence-electron chi connectivity index (χ4n) is 7.72. The average molecular weight is 588 g/mol. The number of rotatable bonds is 10. The van der Waals surface area contributed by atoms with Crippen molar-refractivity contribution >= 4 is 35.2 Å². The van der Waals surface area contributed by atoms with E-state index in [0.717, 1.165) is 28.8 Å². The average Bonchev–Trinajstić information content (AvgIpc) is 3.57. The van der Waals surface area contributed by atoms with E-state index in [4.69, 9.17) is 0 Å². The van der Waals surface area contributed by atoms with Crippen LogP contribution in [0.25, 0.3) is 0 Å². The summed E-state index contributed by atoms with van der Waals surface area (Å²) < 4.78 is -0.813. The molecule has 3 fully saturated rings. The first-order valence-corrected chi connectivity index (χ1v) is 15.5. The minimum absolute atomic E-state index is 0.00725. The van der Waals surface area contributed by atoms with Crippen molar-refractivity contribution in [2.24, 2.45) is 17.8 Å². The molecule has 3 aliphatic heterocycles. The summed E-state index contributed by atoms with van der Waals surface area (Å²) in [6, 6.07) is 13.7. The Labute approximate surface area is 253 Å². The van der Waals surface area contributed by atoms with Crippen LogP contribution in [0.3, 0.4) is 0 Å². The zero-order valence-electron chi connectivity index (χ0n) is 24.9. The number of fused-ring (bicyclic) bond motifs is 1. The molecular weight excluding hydrogens is 546 g/mol. The number of nitrogens with zero attached hydrogens (tertiary/aromatic N) is 3. The second-order valence-electron chi connectivity index (χ2n) is 11.9. The molecular formula is C34H41N3O4S. The molecule has 2 aromatic rings. The van der Waals surface area contributed by atoms with Crippen LogP contribution in [0.15, 0.2) is 73.8 Å². The van der Waals surface area contributed by atoms with E-state index in [1.807, 2.05) is 62.4 Å². The number of likely N-dealkylation sites (tertiary alicyclic amines) is 1. The lowest BCUT2D eigenvalue weighted by molar-refractivity contribution is -0.145. The molecule has 0 radical (unpaired) electrons. The summed E-state index contributed by atoms with van der Waals surface area (Å²) >= 11 is 1.64. The number of anilines is 1. The zero-order chi connectivity index (χ0) is 30.3. The number of carbonyl (C=O) groups is 3. The van der Waals surface area contributed by atoms with Crippen molar-refractivity contribution in [3.8, 4) is 0 Å². The van der Waals surface area contributed by atoms with Crippen LogP contribution in [0.1, 0.15) is 36.1 Å². The molecule has 5 rings (SSSR count). The molecule has 3 heterocycles. The molecule has 222 valence electrons. The third kappa shape index (κ3) is 4.51. The van der Waals surface area contributed by atoms with Crippen LogP contribution in [-0.2, 0) is 14.4 Å². The summed E-state index contributed by atoms with van der Waals surface area (Å²) in [5.41, 5.74) is 3.46. The van der Waals surface area contributed by atoms with Gasteiger partial charge in [0.2, 0.25) is 11.8 Å². The van der Waals surface area contributed by atoms with Gasteiger partial charge in [-0.1, -0.05) is 67.6 Å². The van der Waals surface area contributed by atoms with E-state index in [1.54, 1.807) is 45.7 Å². The third-order valence-electron chi connectivity index (χ3n) is 9.46. The van der Waals surface area contributed by atoms with Gasteiger partial charge >= 0.3 is 0 Å². The smallest absolute Gasteiger partial charge is 0.251 e. The van der Waals surface area contributed by atoms with E-state index in [0.29, 0.717) is 6.54 Å². The van der Waals surface area contributed by atoms with Gasteiger partial charge in [0, 0.05) is 31.1 Å². The molecule has 3 unspecified atom stereocenters. The number of benzene rings is 2. The molecule has 8 heteroatoms. The molecule has 1 N–H and O–H groups in total. The number of para-hydroxylation sites is 1. The first-order chi connectivity index (χ1) is 20.1. The first-order valence-electron chi connectivity index (χ1n) is 14.6. The van der Waals surface area contributed by atoms with E-state index in [9.17, 15) is 14.7 Å². The summed E-state index contributed by atoms with van der Waals surface area (Å²) in [4.78, 5) is 48.8. The van der Waals surface area contributed by atoms with Gasteiger partial charge in [-0.15, -0.1) is 24.9 Å². The summed E-state index contributed by atoms with van der Waals surface area (Å²) in [6.45, 7) is 14.1. The maximum Gasteiger partial charge on any atom is 0.251 e. The molecule has 7 atom stereocenters. The van der Waals surface area contributed by atoms with E-state index in [2.05, 4.69) is 20.1 Å². The van der Waals surface area contributed by atoms with Gasteiger partial charge < -0.3 is 19.8 Å². The SMILES string of the molecule is C=CCN(C)C(=O)[C@@H]1[C@@H]2CC(C)C3(S2)C(C(=O)N(CC=C)c2c(C)cccc2C)N([C@H](CO)c2ccccc2)C(=O)[C@H]13. The van der Waals surface area contributed by atoms with E-state index >= 15 is 4.79 Å². The first kappa shape index (κ1) is 30.1. The quantitative estimate of drug-likeness (QED) is 0.413. The lowest BCUT2D eigenvalue weighted by atomic mass is 9.65. The maximum atomic E-state index is 15.1.